The van der Waals surface area contributed by atoms with E-state index in [2.05, 4.69) is 19.6 Å². The van der Waals surface area contributed by atoms with Crippen LogP contribution >= 0.6 is 11.6 Å². The summed E-state index contributed by atoms with van der Waals surface area (Å²) in [7, 11) is 0. The van der Waals surface area contributed by atoms with Gasteiger partial charge in [0.15, 0.2) is 0 Å². The largest absolute Gasteiger partial charge is 0.0984 e. The van der Waals surface area contributed by atoms with Gasteiger partial charge in [-0.2, -0.15) is 0 Å². The van der Waals surface area contributed by atoms with Gasteiger partial charge in [-0.1, -0.05) is 55.8 Å². The maximum Gasteiger partial charge on any atom is 0.0510 e. The van der Waals surface area contributed by atoms with Crippen molar-refractivity contribution in [3.63, 3.8) is 0 Å². The Hall–Kier alpha value is -0.750. The van der Waals surface area contributed by atoms with Gasteiger partial charge >= 0.3 is 0 Å². The molecule has 0 saturated carbocycles. The van der Waals surface area contributed by atoms with Crippen LogP contribution in [0.4, 0.5) is 0 Å². The van der Waals surface area contributed by atoms with Crippen LogP contribution in [-0.2, 0) is 6.42 Å². The van der Waals surface area contributed by atoms with E-state index in [0.717, 1.165) is 23.4 Å². The van der Waals surface area contributed by atoms with E-state index in [1.165, 1.54) is 5.56 Å². The SMILES string of the molecule is C=Cc1cccc(CCC)c1Cl. The van der Waals surface area contributed by atoms with E-state index in [4.69, 9.17) is 11.6 Å². The summed E-state index contributed by atoms with van der Waals surface area (Å²) in [6, 6.07) is 6.07. The molecule has 1 heteroatoms. The number of rotatable bonds is 3. The topological polar surface area (TPSA) is 0 Å². The number of halogens is 1. The van der Waals surface area contributed by atoms with E-state index in [1.807, 2.05) is 12.1 Å². The summed E-state index contributed by atoms with van der Waals surface area (Å²) < 4.78 is 0. The molecule has 0 atom stereocenters. The van der Waals surface area contributed by atoms with E-state index >= 15 is 0 Å². The van der Waals surface area contributed by atoms with Crippen LogP contribution in [0.15, 0.2) is 24.8 Å². The first-order valence-corrected chi connectivity index (χ1v) is 4.57. The smallest absolute Gasteiger partial charge is 0.0510 e. The van der Waals surface area contributed by atoms with Crippen molar-refractivity contribution in [3.05, 3.63) is 40.9 Å². The van der Waals surface area contributed by atoms with Crippen molar-refractivity contribution in [1.82, 2.24) is 0 Å². The average Bonchev–Trinajstić information content (AvgIpc) is 2.09. The third-order valence-corrected chi connectivity index (χ3v) is 2.31. The van der Waals surface area contributed by atoms with Gasteiger partial charge in [0.25, 0.3) is 0 Å². The van der Waals surface area contributed by atoms with Gasteiger partial charge in [0.2, 0.25) is 0 Å². The molecule has 1 aromatic carbocycles. The molecular formula is C11H13Cl. The Kier molecular flexibility index (Phi) is 3.36. The lowest BCUT2D eigenvalue weighted by molar-refractivity contribution is 0.922. The molecule has 12 heavy (non-hydrogen) atoms. The minimum Gasteiger partial charge on any atom is -0.0984 e. The van der Waals surface area contributed by atoms with Crippen LogP contribution in [0.2, 0.25) is 5.02 Å². The fraction of sp³-hybridized carbons (Fsp3) is 0.273. The van der Waals surface area contributed by atoms with Crippen LogP contribution in [0.5, 0.6) is 0 Å². The van der Waals surface area contributed by atoms with Crippen LogP contribution in [0.3, 0.4) is 0 Å². The molecule has 0 nitrogen and oxygen atoms in total. The predicted molar refractivity (Wildman–Crippen MR) is 55.5 cm³/mol. The zero-order valence-corrected chi connectivity index (χ0v) is 8.06. The van der Waals surface area contributed by atoms with Crippen molar-refractivity contribution in [2.24, 2.45) is 0 Å². The average molecular weight is 181 g/mol. The van der Waals surface area contributed by atoms with Crippen molar-refractivity contribution in [3.8, 4) is 0 Å². The van der Waals surface area contributed by atoms with Gasteiger partial charge in [-0.15, -0.1) is 0 Å². The fourth-order valence-corrected chi connectivity index (χ4v) is 1.52. The van der Waals surface area contributed by atoms with Crippen LogP contribution in [0.1, 0.15) is 24.5 Å². The van der Waals surface area contributed by atoms with Gasteiger partial charge in [0, 0.05) is 0 Å². The summed E-state index contributed by atoms with van der Waals surface area (Å²) in [5.74, 6) is 0. The van der Waals surface area contributed by atoms with Crippen molar-refractivity contribution in [2.75, 3.05) is 0 Å². The molecule has 0 N–H and O–H groups in total. The molecule has 0 radical (unpaired) electrons. The first-order chi connectivity index (χ1) is 5.79. The molecular weight excluding hydrogens is 168 g/mol. The summed E-state index contributed by atoms with van der Waals surface area (Å²) >= 11 is 6.12. The molecule has 0 saturated heterocycles. The normalized spacial score (nSPS) is 9.83. The van der Waals surface area contributed by atoms with Gasteiger partial charge in [0.1, 0.15) is 0 Å². The number of hydrogen-bond donors (Lipinski definition) is 0. The molecule has 0 aliphatic rings. The Labute approximate surface area is 78.9 Å². The summed E-state index contributed by atoms with van der Waals surface area (Å²) in [5, 5.41) is 0.856. The molecule has 0 spiro atoms. The monoisotopic (exact) mass is 180 g/mol. The lowest BCUT2D eigenvalue weighted by Gasteiger charge is -2.04. The Morgan fingerprint density at radius 1 is 1.50 bits per heavy atom. The van der Waals surface area contributed by atoms with E-state index in [-0.39, 0.29) is 0 Å². The second-order valence-electron chi connectivity index (χ2n) is 2.77. The zero-order valence-electron chi connectivity index (χ0n) is 7.31. The standard InChI is InChI=1S/C11H13Cl/c1-3-6-10-8-5-7-9(4-2)11(10)12/h4-5,7-8H,2-3,6H2,1H3. The third-order valence-electron chi connectivity index (χ3n) is 1.85. The number of benzene rings is 1. The molecule has 0 heterocycles. The van der Waals surface area contributed by atoms with Crippen LogP contribution in [0.25, 0.3) is 6.08 Å². The molecule has 64 valence electrons. The molecule has 0 aromatic heterocycles. The Balaban J connectivity index is 3.04. The first kappa shape index (κ1) is 9.34. The van der Waals surface area contributed by atoms with Gasteiger partial charge in [-0.05, 0) is 17.5 Å². The van der Waals surface area contributed by atoms with E-state index in [0.29, 0.717) is 0 Å². The summed E-state index contributed by atoms with van der Waals surface area (Å²) in [6.07, 6.45) is 3.96. The second-order valence-corrected chi connectivity index (χ2v) is 3.15. The molecule has 0 unspecified atom stereocenters. The van der Waals surface area contributed by atoms with E-state index in [9.17, 15) is 0 Å². The Morgan fingerprint density at radius 3 is 2.83 bits per heavy atom. The highest BCUT2D eigenvalue weighted by molar-refractivity contribution is 6.32. The predicted octanol–water partition coefficient (Wildman–Crippen LogP) is 3.94. The van der Waals surface area contributed by atoms with Crippen LogP contribution in [-0.4, -0.2) is 0 Å². The molecule has 0 aliphatic carbocycles. The summed E-state index contributed by atoms with van der Waals surface area (Å²) in [5.41, 5.74) is 2.25. The minimum atomic E-state index is 0.856. The van der Waals surface area contributed by atoms with Crippen molar-refractivity contribution < 1.29 is 0 Å². The molecule has 0 amide bonds. The van der Waals surface area contributed by atoms with Crippen molar-refractivity contribution in [1.29, 1.82) is 0 Å². The number of aryl methyl sites for hydroxylation is 1. The Morgan fingerprint density at radius 2 is 2.25 bits per heavy atom. The number of hydrogen-bond acceptors (Lipinski definition) is 0. The highest BCUT2D eigenvalue weighted by Gasteiger charge is 2.01. The van der Waals surface area contributed by atoms with Gasteiger partial charge < -0.3 is 0 Å². The highest BCUT2D eigenvalue weighted by atomic mass is 35.5. The van der Waals surface area contributed by atoms with Crippen LogP contribution in [0, 0.1) is 0 Å². The van der Waals surface area contributed by atoms with E-state index < -0.39 is 0 Å². The third kappa shape index (κ3) is 1.89. The Bertz CT molecular complexity index is 276. The van der Waals surface area contributed by atoms with E-state index in [1.54, 1.807) is 6.08 Å². The molecule has 1 aromatic rings. The lowest BCUT2D eigenvalue weighted by atomic mass is 10.1. The molecule has 0 bridgehead atoms. The quantitative estimate of drug-likeness (QED) is 0.661. The summed E-state index contributed by atoms with van der Waals surface area (Å²) in [4.78, 5) is 0. The zero-order chi connectivity index (χ0) is 8.97. The lowest BCUT2D eigenvalue weighted by Crippen LogP contribution is -1.86. The maximum absolute atomic E-state index is 6.12. The minimum absolute atomic E-state index is 0.856. The molecule has 0 aliphatic heterocycles. The molecule has 1 rings (SSSR count). The summed E-state index contributed by atoms with van der Waals surface area (Å²) in [6.45, 7) is 5.86. The van der Waals surface area contributed by atoms with Gasteiger partial charge in [0.05, 0.1) is 5.02 Å². The van der Waals surface area contributed by atoms with Gasteiger partial charge in [-0.25, -0.2) is 0 Å². The fourth-order valence-electron chi connectivity index (χ4n) is 1.22. The second kappa shape index (κ2) is 4.32. The first-order valence-electron chi connectivity index (χ1n) is 4.19. The highest BCUT2D eigenvalue weighted by Crippen LogP contribution is 2.22. The van der Waals surface area contributed by atoms with Gasteiger partial charge in [-0.3, -0.25) is 0 Å². The van der Waals surface area contributed by atoms with Crippen LogP contribution < -0.4 is 0 Å². The van der Waals surface area contributed by atoms with Crippen molar-refractivity contribution >= 4 is 17.7 Å². The molecule has 0 fully saturated rings. The van der Waals surface area contributed by atoms with Crippen molar-refractivity contribution in [2.45, 2.75) is 19.8 Å². The maximum atomic E-state index is 6.12.